The summed E-state index contributed by atoms with van der Waals surface area (Å²) >= 11 is 18.3. The van der Waals surface area contributed by atoms with Crippen molar-refractivity contribution in [1.82, 2.24) is 57.5 Å². The molecule has 17 nitrogen and oxygen atoms in total. The molecule has 6 fully saturated rings. The summed E-state index contributed by atoms with van der Waals surface area (Å²) in [5.41, 5.74) is 16.3. The third kappa shape index (κ3) is 31.5. The van der Waals surface area contributed by atoms with Gasteiger partial charge in [-0.3, -0.25) is 24.6 Å². The van der Waals surface area contributed by atoms with Crippen LogP contribution in [-0.4, -0.2) is 152 Å². The van der Waals surface area contributed by atoms with Crippen LogP contribution in [0.3, 0.4) is 0 Å². The Balaban J connectivity index is 0.000000260. The summed E-state index contributed by atoms with van der Waals surface area (Å²) in [7, 11) is 19.2. The Morgan fingerprint density at radius 2 is 0.747 bits per heavy atom. The molecule has 0 radical (unpaired) electrons. The molecular weight excluding hydrogens is 1380 g/mol. The van der Waals surface area contributed by atoms with Crippen molar-refractivity contribution in [3.63, 3.8) is 0 Å². The monoisotopic (exact) mass is 1480 g/mol. The molecule has 26 heteroatoms. The molecule has 516 valence electrons. The summed E-state index contributed by atoms with van der Waals surface area (Å²) in [6.07, 6.45) is 35.0. The fourth-order valence-electron chi connectivity index (χ4n) is 13.6. The summed E-state index contributed by atoms with van der Waals surface area (Å²) in [6.45, 7) is 7.68. The zero-order chi connectivity index (χ0) is 63.4. The molecule has 0 amide bonds. The summed E-state index contributed by atoms with van der Waals surface area (Å²) in [4.78, 5) is 43.3. The first-order valence-corrected chi connectivity index (χ1v) is 40.1. The van der Waals surface area contributed by atoms with Gasteiger partial charge in [-0.05, 0) is 113 Å². The molecule has 6 saturated carbocycles. The Morgan fingerprint density at radius 3 is 1.13 bits per heavy atom. The summed E-state index contributed by atoms with van der Waals surface area (Å²) in [5, 5.41) is 31.6. The van der Waals surface area contributed by atoms with Crippen LogP contribution in [0.5, 0.6) is 0 Å². The second kappa shape index (κ2) is 48.5. The zero-order valence-electron chi connectivity index (χ0n) is 51.4. The van der Waals surface area contributed by atoms with Crippen LogP contribution in [0.2, 0.25) is 15.1 Å². The fraction of sp³-hybridized carbons (Fsp3) is 0.708. The Kier molecular flexibility index (Phi) is 43.8. The molecule has 0 spiro atoms. The predicted octanol–water partition coefficient (Wildman–Crippen LogP) is 12.2. The molecule has 12 atom stereocenters. The third-order valence-corrected chi connectivity index (χ3v) is 18.8. The number of halogens is 7. The van der Waals surface area contributed by atoms with E-state index in [1.807, 2.05) is 36.7 Å². The fourth-order valence-corrected chi connectivity index (χ4v) is 14.3. The molecule has 0 aromatic carbocycles. The van der Waals surface area contributed by atoms with Gasteiger partial charge in [0.2, 0.25) is 0 Å². The maximum absolute atomic E-state index is 10.2. The number of carbonyl (C=O) groups excluding carboxylic acids is 2. The normalized spacial score (nSPS) is 28.3. The maximum atomic E-state index is 10.2. The molecule has 0 unspecified atom stereocenters. The van der Waals surface area contributed by atoms with E-state index in [1.54, 1.807) is 0 Å². The van der Waals surface area contributed by atoms with Crippen LogP contribution in [-0.2, 0) is 39.4 Å². The van der Waals surface area contributed by atoms with Crippen molar-refractivity contribution in [2.45, 2.75) is 255 Å². The standard InChI is InChI=1S/C21H34ClN5.C21H30ClN5.C14H30N4.C7H4ClNO2.2CH4.4ClH.2Mn/c2*22-15-11-16-13-25-20-7-3-1-5-18(20)23-9-10-24-19-6-2-4-8-21(19)26-14-17(12-15)27-16;15-11-5-1-3-7-13(11)17-9-10-18-14-8-4-2-6-12(14)16;8-5-1-6(3-10)9-7(2-5)4-11;;;;;;;;/h11-12,18-21,23-26H,1-10,13-14H2;11-14,18-21,23-24H,1-10H2;11-14,17-18H,1-10,15-16H2;1-4H;2*1H4;4*1H;;/q;;;;;;;;;;2*+2/p-4/t2*18-,19-,20-,21-;11-,12-,13-,14-;;;;;;;;;/m111........./s1. The summed E-state index contributed by atoms with van der Waals surface area (Å²) < 4.78 is 0. The van der Waals surface area contributed by atoms with Crippen molar-refractivity contribution >= 4 is 100 Å². The van der Waals surface area contributed by atoms with Gasteiger partial charge in [0.15, 0.2) is 12.6 Å². The van der Waals surface area contributed by atoms with E-state index in [2.05, 4.69) is 47.5 Å². The molecule has 3 aromatic rings. The van der Waals surface area contributed by atoms with Crippen LogP contribution in [0.4, 0.5) is 0 Å². The van der Waals surface area contributed by atoms with E-state index in [4.69, 9.17) is 107 Å². The number of hydrogen-bond acceptors (Lipinski definition) is 17. The van der Waals surface area contributed by atoms with E-state index in [0.717, 1.165) is 93.0 Å². The topological polar surface area (TPSA) is 246 Å². The van der Waals surface area contributed by atoms with E-state index in [1.165, 1.54) is 153 Å². The Morgan fingerprint density at radius 1 is 0.429 bits per heavy atom. The van der Waals surface area contributed by atoms with Crippen LogP contribution in [0.15, 0.2) is 46.4 Å². The number of fused-ring (bicyclic) bond motifs is 8. The Hall–Kier alpha value is -1.20. The minimum absolute atomic E-state index is 0. The number of nitrogens with zero attached hydrogens (tertiary/aromatic N) is 5. The van der Waals surface area contributed by atoms with Crippen LogP contribution in [0, 0.1) is 0 Å². The SMILES string of the molecule is C.C.Clc1cc2nc(c1)C=N[C@@H]1CCCC[C@H]1NCCN[C@@H]1CCCC[C@H]1N=C2.Clc1cc2nc(c1)CN[C@@H]1CCCC[C@H]1NCCN[C@@H]1CCCC[C@H]1NC2.N[C@@H]1CCCC[C@H]1NCCN[C@@H]1CCCC[C@H]1N.O=Cc1cc(Cl)cc(C=O)n1.[Cl][Mn][Cl].[Cl][Mn][Cl]. The van der Waals surface area contributed by atoms with Gasteiger partial charge in [0.1, 0.15) is 11.4 Å². The van der Waals surface area contributed by atoms with Gasteiger partial charge in [0, 0.05) is 140 Å². The third-order valence-electron chi connectivity index (χ3n) is 18.1. The van der Waals surface area contributed by atoms with Crippen LogP contribution < -0.4 is 54.0 Å². The van der Waals surface area contributed by atoms with Gasteiger partial charge in [-0.15, -0.1) is 0 Å². The van der Waals surface area contributed by atoms with Crippen molar-refractivity contribution < 1.29 is 35.9 Å². The Labute approximate surface area is 589 Å². The van der Waals surface area contributed by atoms with Crippen LogP contribution >= 0.6 is 75.2 Å². The molecule has 6 aliphatic carbocycles. The number of aldehydes is 2. The van der Waals surface area contributed by atoms with Gasteiger partial charge in [-0.1, -0.05) is 127 Å². The van der Waals surface area contributed by atoms with Crippen molar-refractivity contribution in [3.05, 3.63) is 85.6 Å². The molecule has 5 heterocycles. The molecule has 8 aliphatic rings. The van der Waals surface area contributed by atoms with Crippen LogP contribution in [0.1, 0.15) is 213 Å². The van der Waals surface area contributed by atoms with Crippen molar-refractivity contribution in [2.24, 2.45) is 21.5 Å². The Bertz CT molecular complexity index is 2390. The average molecular weight is 1490 g/mol. The number of aromatic nitrogens is 3. The molecule has 91 heavy (non-hydrogen) atoms. The molecule has 0 saturated heterocycles. The number of aliphatic imine (C=N–C) groups is 2. The number of nitrogens with one attached hydrogen (secondary N) is 8. The molecule has 12 N–H and O–H groups in total. The number of hydrogen-bond donors (Lipinski definition) is 10. The molecular formula is C65H106Cl7Mn2N15O2. The summed E-state index contributed by atoms with van der Waals surface area (Å²) in [6, 6.07) is 16.1. The van der Waals surface area contributed by atoms with E-state index in [9.17, 15) is 9.59 Å². The van der Waals surface area contributed by atoms with Crippen molar-refractivity contribution in [3.8, 4) is 0 Å². The van der Waals surface area contributed by atoms with Gasteiger partial charge >= 0.3 is 66.7 Å². The van der Waals surface area contributed by atoms with E-state index >= 15 is 0 Å². The number of pyridine rings is 3. The number of carbonyl (C=O) groups is 2. The number of nitrogens with two attached hydrogens (primary N) is 2. The molecule has 3 aromatic heterocycles. The minimum atomic E-state index is 0. The summed E-state index contributed by atoms with van der Waals surface area (Å²) in [5.74, 6) is 0. The molecule has 11 rings (SSSR count). The van der Waals surface area contributed by atoms with E-state index in [0.29, 0.717) is 95.1 Å². The van der Waals surface area contributed by atoms with Gasteiger partial charge < -0.3 is 54.0 Å². The first kappa shape index (κ1) is 82.2. The number of rotatable bonds is 7. The first-order valence-electron chi connectivity index (χ1n) is 32.5. The second-order valence-electron chi connectivity index (χ2n) is 24.4. The molecule has 2 aliphatic heterocycles. The predicted molar refractivity (Wildman–Crippen MR) is 377 cm³/mol. The van der Waals surface area contributed by atoms with Gasteiger partial charge in [0.05, 0.1) is 34.9 Å². The van der Waals surface area contributed by atoms with E-state index < -0.39 is 0 Å². The van der Waals surface area contributed by atoms with Gasteiger partial charge in [-0.2, -0.15) is 0 Å². The first-order chi connectivity index (χ1) is 43.4. The zero-order valence-corrected chi connectivity index (χ0v) is 59.1. The van der Waals surface area contributed by atoms with Crippen molar-refractivity contribution in [1.29, 1.82) is 0 Å². The average Bonchev–Trinajstić information content (AvgIpc) is 2.73. The van der Waals surface area contributed by atoms with Gasteiger partial charge in [-0.25, -0.2) is 9.97 Å². The molecule has 4 bridgehead atoms. The quantitative estimate of drug-likeness (QED) is 0.0601. The van der Waals surface area contributed by atoms with Gasteiger partial charge in [0.25, 0.3) is 0 Å². The van der Waals surface area contributed by atoms with E-state index in [-0.39, 0.29) is 52.5 Å². The van der Waals surface area contributed by atoms with Crippen LogP contribution in [0.25, 0.3) is 0 Å². The second-order valence-corrected chi connectivity index (χ2v) is 29.7. The van der Waals surface area contributed by atoms with Crippen molar-refractivity contribution in [2.75, 3.05) is 39.3 Å².